The summed E-state index contributed by atoms with van der Waals surface area (Å²) >= 11 is 2.91. The quantitative estimate of drug-likeness (QED) is 0.648. The molecule has 88 valence electrons. The largest absolute Gasteiger partial charge is 0.397 e. The number of hydrogen-bond donors (Lipinski definition) is 2. The van der Waals surface area contributed by atoms with Gasteiger partial charge in [-0.3, -0.25) is 0 Å². The van der Waals surface area contributed by atoms with Crippen LogP contribution in [0.5, 0.6) is 0 Å². The summed E-state index contributed by atoms with van der Waals surface area (Å²) in [5.41, 5.74) is 6.75. The number of nitrogen functional groups attached to an aromatic ring is 1. The molecule has 0 heterocycles. The van der Waals surface area contributed by atoms with Crippen molar-refractivity contribution in [1.82, 2.24) is 0 Å². The molecule has 0 aliphatic heterocycles. The molecule has 0 spiro atoms. The van der Waals surface area contributed by atoms with E-state index in [1.165, 1.54) is 0 Å². The molecular weight excluding hydrogens is 290 g/mol. The average molecular weight is 299 g/mol. The molecule has 2 aromatic carbocycles. The number of hydrogen-bond acceptors (Lipinski definition) is 2. The molecule has 5 heteroatoms. The molecule has 0 aromatic heterocycles. The molecule has 0 radical (unpaired) electrons. The van der Waals surface area contributed by atoms with Gasteiger partial charge in [0, 0.05) is 6.07 Å². The predicted molar refractivity (Wildman–Crippen MR) is 68.2 cm³/mol. The minimum atomic E-state index is -0.554. The highest BCUT2D eigenvalue weighted by Gasteiger charge is 2.09. The van der Waals surface area contributed by atoms with E-state index >= 15 is 0 Å². The first-order valence-corrected chi connectivity index (χ1v) is 5.63. The van der Waals surface area contributed by atoms with Crippen molar-refractivity contribution in [3.8, 4) is 0 Å². The fourth-order valence-electron chi connectivity index (χ4n) is 1.37. The van der Waals surface area contributed by atoms with E-state index < -0.39 is 11.6 Å². The molecule has 0 bridgehead atoms. The summed E-state index contributed by atoms with van der Waals surface area (Å²) in [6.45, 7) is 0. The number of halogens is 3. The van der Waals surface area contributed by atoms with Crippen LogP contribution in [-0.4, -0.2) is 0 Å². The highest BCUT2D eigenvalue weighted by Crippen LogP contribution is 2.28. The van der Waals surface area contributed by atoms with Crippen LogP contribution >= 0.6 is 15.9 Å². The minimum absolute atomic E-state index is 0.0450. The number of benzene rings is 2. The van der Waals surface area contributed by atoms with E-state index in [9.17, 15) is 8.78 Å². The van der Waals surface area contributed by atoms with E-state index in [1.54, 1.807) is 24.3 Å². The van der Waals surface area contributed by atoms with Crippen LogP contribution in [0.3, 0.4) is 0 Å². The lowest BCUT2D eigenvalue weighted by Crippen LogP contribution is -1.98. The van der Waals surface area contributed by atoms with Crippen LogP contribution in [0.25, 0.3) is 0 Å². The highest BCUT2D eigenvalue weighted by atomic mass is 79.9. The molecule has 2 nitrogen and oxygen atoms in total. The summed E-state index contributed by atoms with van der Waals surface area (Å²) in [5.74, 6) is -1.09. The Morgan fingerprint density at radius 1 is 1.00 bits per heavy atom. The third-order valence-electron chi connectivity index (χ3n) is 2.24. The van der Waals surface area contributed by atoms with Crippen molar-refractivity contribution in [2.24, 2.45) is 0 Å². The van der Waals surface area contributed by atoms with Gasteiger partial charge >= 0.3 is 0 Å². The molecule has 0 saturated carbocycles. The van der Waals surface area contributed by atoms with Crippen molar-refractivity contribution in [2.75, 3.05) is 11.1 Å². The number of para-hydroxylation sites is 2. The lowest BCUT2D eigenvalue weighted by Gasteiger charge is -2.10. The number of anilines is 3. The third-order valence-corrected chi connectivity index (χ3v) is 2.85. The van der Waals surface area contributed by atoms with Crippen LogP contribution in [0.2, 0.25) is 0 Å². The van der Waals surface area contributed by atoms with Crippen molar-refractivity contribution < 1.29 is 8.78 Å². The molecule has 0 amide bonds. The Kier molecular flexibility index (Phi) is 3.28. The lowest BCUT2D eigenvalue weighted by molar-refractivity contribution is 0.598. The maximum absolute atomic E-state index is 13.5. The highest BCUT2D eigenvalue weighted by molar-refractivity contribution is 9.10. The zero-order valence-corrected chi connectivity index (χ0v) is 10.3. The van der Waals surface area contributed by atoms with E-state index in [1.807, 2.05) is 0 Å². The summed E-state index contributed by atoms with van der Waals surface area (Å²) in [7, 11) is 0. The van der Waals surface area contributed by atoms with Gasteiger partial charge in [0.1, 0.15) is 11.6 Å². The second-order valence-electron chi connectivity index (χ2n) is 3.46. The fourth-order valence-corrected chi connectivity index (χ4v) is 1.69. The van der Waals surface area contributed by atoms with E-state index in [2.05, 4.69) is 21.2 Å². The van der Waals surface area contributed by atoms with Crippen LogP contribution in [0.4, 0.5) is 25.8 Å². The van der Waals surface area contributed by atoms with E-state index in [0.29, 0.717) is 11.4 Å². The maximum atomic E-state index is 13.5. The first-order chi connectivity index (χ1) is 8.08. The van der Waals surface area contributed by atoms with Gasteiger partial charge in [0.05, 0.1) is 21.5 Å². The zero-order valence-electron chi connectivity index (χ0n) is 8.68. The predicted octanol–water partition coefficient (Wildman–Crippen LogP) is 4.05. The van der Waals surface area contributed by atoms with Gasteiger partial charge in [-0.15, -0.1) is 0 Å². The maximum Gasteiger partial charge on any atom is 0.147 e. The molecule has 0 unspecified atom stereocenters. The van der Waals surface area contributed by atoms with E-state index in [4.69, 9.17) is 5.73 Å². The molecule has 3 N–H and O–H groups in total. The smallest absolute Gasteiger partial charge is 0.147 e. The van der Waals surface area contributed by atoms with Gasteiger partial charge in [-0.2, -0.15) is 0 Å². The van der Waals surface area contributed by atoms with Crippen LogP contribution in [0.1, 0.15) is 0 Å². The summed E-state index contributed by atoms with van der Waals surface area (Å²) in [5, 5.41) is 2.75. The lowest BCUT2D eigenvalue weighted by atomic mass is 10.2. The Balaban J connectivity index is 2.37. The van der Waals surface area contributed by atoms with Gasteiger partial charge < -0.3 is 11.1 Å². The summed E-state index contributed by atoms with van der Waals surface area (Å²) in [6, 6.07) is 9.03. The van der Waals surface area contributed by atoms with E-state index in [0.717, 1.165) is 12.1 Å². The molecule has 0 fully saturated rings. The summed E-state index contributed by atoms with van der Waals surface area (Å²) in [6.07, 6.45) is 0. The second kappa shape index (κ2) is 4.71. The molecule has 2 aromatic rings. The topological polar surface area (TPSA) is 38.0 Å². The van der Waals surface area contributed by atoms with Gasteiger partial charge in [-0.05, 0) is 34.1 Å². The van der Waals surface area contributed by atoms with Gasteiger partial charge in [-0.25, -0.2) is 8.78 Å². The Bertz CT molecular complexity index is 558. The molecule has 0 atom stereocenters. The van der Waals surface area contributed by atoms with Crippen molar-refractivity contribution in [3.63, 3.8) is 0 Å². The number of rotatable bonds is 2. The zero-order chi connectivity index (χ0) is 12.4. The first-order valence-electron chi connectivity index (χ1n) is 4.84. The van der Waals surface area contributed by atoms with Crippen LogP contribution in [0.15, 0.2) is 40.9 Å². The van der Waals surface area contributed by atoms with Gasteiger partial charge in [0.2, 0.25) is 0 Å². The normalized spacial score (nSPS) is 10.3. The summed E-state index contributed by atoms with van der Waals surface area (Å²) < 4.78 is 26.9. The second-order valence-corrected chi connectivity index (χ2v) is 4.31. The average Bonchev–Trinajstić information content (AvgIpc) is 2.29. The van der Waals surface area contributed by atoms with Gasteiger partial charge in [0.25, 0.3) is 0 Å². The minimum Gasteiger partial charge on any atom is -0.397 e. The molecule has 0 aliphatic carbocycles. The van der Waals surface area contributed by atoms with Gasteiger partial charge in [-0.1, -0.05) is 12.1 Å². The van der Waals surface area contributed by atoms with Crippen LogP contribution in [-0.2, 0) is 0 Å². The molecule has 0 saturated heterocycles. The molecule has 0 aliphatic rings. The first kappa shape index (κ1) is 11.9. The van der Waals surface area contributed by atoms with E-state index in [-0.39, 0.29) is 10.2 Å². The Morgan fingerprint density at radius 2 is 1.71 bits per heavy atom. The molecule has 17 heavy (non-hydrogen) atoms. The van der Waals surface area contributed by atoms with Crippen LogP contribution in [0, 0.1) is 11.6 Å². The fraction of sp³-hybridized carbons (Fsp3) is 0. The van der Waals surface area contributed by atoms with Gasteiger partial charge in [0.15, 0.2) is 0 Å². The Hall–Kier alpha value is -1.62. The monoisotopic (exact) mass is 298 g/mol. The number of nitrogens with two attached hydrogens (primary N) is 1. The Labute approximate surface area is 106 Å². The standard InChI is InChI=1S/C12H9BrF2N2/c13-7-5-9(15)12(6-8(7)14)17-11-4-2-1-3-10(11)16/h1-6,17H,16H2. The molecule has 2 rings (SSSR count). The van der Waals surface area contributed by atoms with Crippen LogP contribution < -0.4 is 11.1 Å². The Morgan fingerprint density at radius 3 is 2.41 bits per heavy atom. The summed E-state index contributed by atoms with van der Waals surface area (Å²) in [4.78, 5) is 0. The molecular formula is C12H9BrF2N2. The third kappa shape index (κ3) is 2.55. The number of nitrogens with one attached hydrogen (secondary N) is 1. The van der Waals surface area contributed by atoms with Crippen molar-refractivity contribution >= 4 is 33.0 Å². The van der Waals surface area contributed by atoms with Crippen molar-refractivity contribution in [1.29, 1.82) is 0 Å². The SMILES string of the molecule is Nc1ccccc1Nc1cc(F)c(Br)cc1F. The van der Waals surface area contributed by atoms with Crippen molar-refractivity contribution in [2.45, 2.75) is 0 Å². The van der Waals surface area contributed by atoms with Crippen molar-refractivity contribution in [3.05, 3.63) is 52.5 Å².